The Morgan fingerprint density at radius 2 is 1.74 bits per heavy atom. The van der Waals surface area contributed by atoms with Gasteiger partial charge in [0.15, 0.2) is 12.4 Å². The number of hydrogen-bond donors (Lipinski definition) is 1. The van der Waals surface area contributed by atoms with Crippen molar-refractivity contribution in [1.82, 2.24) is 4.98 Å². The molecule has 0 unspecified atom stereocenters. The zero-order valence-electron chi connectivity index (χ0n) is 21.6. The topological polar surface area (TPSA) is 81.8 Å². The number of carbonyl (C=O) groups excluding carboxylic acids is 1. The van der Waals surface area contributed by atoms with Crippen molar-refractivity contribution >= 4 is 5.97 Å². The molecule has 1 heterocycles. The number of nitrogens with zero attached hydrogens (tertiary/aromatic N) is 1. The van der Waals surface area contributed by atoms with Crippen LogP contribution in [0.5, 0.6) is 5.75 Å². The summed E-state index contributed by atoms with van der Waals surface area (Å²) in [4.78, 5) is 16.7. The lowest BCUT2D eigenvalue weighted by atomic mass is 9.72. The van der Waals surface area contributed by atoms with Gasteiger partial charge in [0.05, 0.1) is 18.1 Å². The minimum Gasteiger partial charge on any atom is -0.482 e. The second-order valence-corrected chi connectivity index (χ2v) is 9.78. The van der Waals surface area contributed by atoms with Crippen LogP contribution in [0.1, 0.15) is 50.0 Å². The predicted molar refractivity (Wildman–Crippen MR) is 146 cm³/mol. The lowest BCUT2D eigenvalue weighted by Gasteiger charge is -2.38. The summed E-state index contributed by atoms with van der Waals surface area (Å²) in [6, 6.07) is 27.6. The van der Waals surface area contributed by atoms with Gasteiger partial charge < -0.3 is 19.0 Å². The second-order valence-electron chi connectivity index (χ2n) is 9.78. The molecule has 1 aliphatic carbocycles. The number of rotatable bonds is 9. The van der Waals surface area contributed by atoms with E-state index in [0.717, 1.165) is 41.6 Å². The highest BCUT2D eigenvalue weighted by Crippen LogP contribution is 2.45. The Morgan fingerprint density at radius 3 is 2.47 bits per heavy atom. The molecule has 0 saturated heterocycles. The third-order valence-corrected chi connectivity index (χ3v) is 7.10. The molecule has 38 heavy (non-hydrogen) atoms. The second kappa shape index (κ2) is 11.7. The number of ether oxygens (including phenoxy) is 2. The molecule has 0 amide bonds. The fraction of sp³-hybridized carbons (Fsp3) is 0.312. The van der Waals surface area contributed by atoms with Crippen LogP contribution in [0.25, 0.3) is 22.6 Å². The van der Waals surface area contributed by atoms with Crippen LogP contribution in [-0.2, 0) is 16.0 Å². The van der Waals surface area contributed by atoms with Crippen molar-refractivity contribution in [2.45, 2.75) is 50.5 Å². The van der Waals surface area contributed by atoms with Crippen molar-refractivity contribution in [3.63, 3.8) is 0 Å². The molecule has 6 heteroatoms. The van der Waals surface area contributed by atoms with Crippen molar-refractivity contribution in [2.75, 3.05) is 13.2 Å². The Hall–Kier alpha value is -3.90. The minimum absolute atomic E-state index is 0.148. The van der Waals surface area contributed by atoms with Gasteiger partial charge >= 0.3 is 5.97 Å². The number of benzene rings is 3. The minimum atomic E-state index is -1.02. The molecule has 1 saturated carbocycles. The quantitative estimate of drug-likeness (QED) is 0.256. The van der Waals surface area contributed by atoms with Crippen LogP contribution < -0.4 is 4.74 Å². The predicted octanol–water partition coefficient (Wildman–Crippen LogP) is 6.58. The molecule has 1 fully saturated rings. The fourth-order valence-corrected chi connectivity index (χ4v) is 5.29. The maximum atomic E-state index is 12.0. The van der Waals surface area contributed by atoms with Crippen LogP contribution in [0.15, 0.2) is 89.3 Å². The summed E-state index contributed by atoms with van der Waals surface area (Å²) >= 11 is 0. The van der Waals surface area contributed by atoms with Gasteiger partial charge in [0.25, 0.3) is 0 Å². The molecule has 6 nitrogen and oxygen atoms in total. The molecule has 4 aromatic rings. The molecular formula is C32H33NO5. The third kappa shape index (κ3) is 5.81. The Morgan fingerprint density at radius 1 is 1.00 bits per heavy atom. The molecule has 1 aromatic heterocycles. The van der Waals surface area contributed by atoms with Crippen LogP contribution in [0.3, 0.4) is 0 Å². The van der Waals surface area contributed by atoms with E-state index in [-0.39, 0.29) is 12.5 Å². The molecule has 2 atom stereocenters. The molecule has 0 aliphatic heterocycles. The molecule has 0 bridgehead atoms. The number of aliphatic hydroxyl groups is 1. The monoisotopic (exact) mass is 511 g/mol. The Balaban J connectivity index is 1.44. The Kier molecular flexibility index (Phi) is 7.89. The van der Waals surface area contributed by atoms with E-state index >= 15 is 0 Å². The van der Waals surface area contributed by atoms with E-state index in [1.165, 1.54) is 0 Å². The largest absolute Gasteiger partial charge is 0.482 e. The zero-order chi connectivity index (χ0) is 26.4. The number of oxazole rings is 1. The first-order valence-electron chi connectivity index (χ1n) is 13.3. The highest BCUT2D eigenvalue weighted by molar-refractivity contribution is 5.76. The summed E-state index contributed by atoms with van der Waals surface area (Å²) in [6.45, 7) is 1.93. The van der Waals surface area contributed by atoms with Gasteiger partial charge in [-0.15, -0.1) is 0 Å². The molecule has 5 rings (SSSR count). The summed E-state index contributed by atoms with van der Waals surface area (Å²) in [5, 5.41) is 12.0. The Labute approximate surface area is 223 Å². The molecule has 0 spiro atoms. The van der Waals surface area contributed by atoms with Gasteiger partial charge in [-0.2, -0.15) is 0 Å². The smallest absolute Gasteiger partial charge is 0.344 e. The third-order valence-electron chi connectivity index (χ3n) is 7.10. The van der Waals surface area contributed by atoms with Gasteiger partial charge in [0.2, 0.25) is 5.89 Å². The summed E-state index contributed by atoms with van der Waals surface area (Å²) in [6.07, 6.45) is 3.80. The van der Waals surface area contributed by atoms with Gasteiger partial charge in [-0.25, -0.2) is 9.78 Å². The molecule has 1 N–H and O–H groups in total. The van der Waals surface area contributed by atoms with E-state index in [4.69, 9.17) is 18.9 Å². The lowest BCUT2D eigenvalue weighted by molar-refractivity contribution is -0.145. The van der Waals surface area contributed by atoms with Gasteiger partial charge in [-0.3, -0.25) is 0 Å². The summed E-state index contributed by atoms with van der Waals surface area (Å²) < 4.78 is 17.1. The summed E-state index contributed by atoms with van der Waals surface area (Å²) in [5.74, 6) is 1.20. The summed E-state index contributed by atoms with van der Waals surface area (Å²) in [5.41, 5.74) is 2.63. The number of carbonyl (C=O) groups is 1. The van der Waals surface area contributed by atoms with E-state index in [9.17, 15) is 9.90 Å². The number of esters is 1. The van der Waals surface area contributed by atoms with Crippen LogP contribution in [0.2, 0.25) is 0 Å². The molecule has 3 aromatic carbocycles. The van der Waals surface area contributed by atoms with Crippen molar-refractivity contribution in [3.05, 3.63) is 96.4 Å². The first-order chi connectivity index (χ1) is 18.6. The Bertz CT molecular complexity index is 1290. The van der Waals surface area contributed by atoms with Crippen LogP contribution >= 0.6 is 0 Å². The standard InChI is InChI=1S/C32H33NO5/c1-2-36-28(34)22-37-26-17-11-12-23(20-26)21-32(35)19-10-9-18-27(32)31-33-29(24-13-5-3-6-14-24)30(38-31)25-15-7-4-8-16-25/h3-8,11-17,20,27,35H,2,9-10,18-19,21-22H2,1H3/t27-,32-/m1/s1. The van der Waals surface area contributed by atoms with E-state index in [2.05, 4.69) is 0 Å². The first kappa shape index (κ1) is 25.7. The van der Waals surface area contributed by atoms with Gasteiger partial charge in [-0.05, 0) is 37.5 Å². The van der Waals surface area contributed by atoms with Crippen molar-refractivity contribution in [3.8, 4) is 28.3 Å². The lowest BCUT2D eigenvalue weighted by Crippen LogP contribution is -2.41. The van der Waals surface area contributed by atoms with Gasteiger partial charge in [-0.1, -0.05) is 85.6 Å². The molecule has 196 valence electrons. The van der Waals surface area contributed by atoms with E-state index in [1.54, 1.807) is 13.0 Å². The van der Waals surface area contributed by atoms with Crippen molar-refractivity contribution in [1.29, 1.82) is 0 Å². The maximum Gasteiger partial charge on any atom is 0.344 e. The summed E-state index contributed by atoms with van der Waals surface area (Å²) in [7, 11) is 0. The van der Waals surface area contributed by atoms with Crippen LogP contribution in [-0.4, -0.2) is 34.9 Å². The molecular weight excluding hydrogens is 478 g/mol. The van der Waals surface area contributed by atoms with Crippen molar-refractivity contribution in [2.24, 2.45) is 0 Å². The van der Waals surface area contributed by atoms with Crippen LogP contribution in [0, 0.1) is 0 Å². The number of hydrogen-bond acceptors (Lipinski definition) is 6. The fourth-order valence-electron chi connectivity index (χ4n) is 5.29. The highest BCUT2D eigenvalue weighted by atomic mass is 16.6. The molecule has 0 radical (unpaired) electrons. The highest BCUT2D eigenvalue weighted by Gasteiger charge is 2.43. The van der Waals surface area contributed by atoms with Gasteiger partial charge in [0.1, 0.15) is 11.4 Å². The average Bonchev–Trinajstić information content (AvgIpc) is 3.38. The average molecular weight is 512 g/mol. The van der Waals surface area contributed by atoms with E-state index in [1.807, 2.05) is 78.9 Å². The zero-order valence-corrected chi connectivity index (χ0v) is 21.6. The normalized spacial score (nSPS) is 19.2. The molecule has 1 aliphatic rings. The SMILES string of the molecule is CCOC(=O)COc1cccc(C[C@]2(O)CCCC[C@@H]2c2nc(-c3ccccc3)c(-c3ccccc3)o2)c1. The maximum absolute atomic E-state index is 12.0. The van der Waals surface area contributed by atoms with E-state index < -0.39 is 11.6 Å². The number of aromatic nitrogens is 1. The first-order valence-corrected chi connectivity index (χ1v) is 13.3. The van der Waals surface area contributed by atoms with Crippen molar-refractivity contribution < 1.29 is 23.8 Å². The van der Waals surface area contributed by atoms with Gasteiger partial charge in [0, 0.05) is 17.5 Å². The van der Waals surface area contributed by atoms with E-state index in [0.29, 0.717) is 36.8 Å². The van der Waals surface area contributed by atoms with Crippen LogP contribution in [0.4, 0.5) is 0 Å².